The number of esters is 1. The van der Waals surface area contributed by atoms with Crippen molar-refractivity contribution in [1.82, 2.24) is 0 Å². The molecule has 0 N–H and O–H groups in total. The average molecular weight is 315 g/mol. The van der Waals surface area contributed by atoms with Crippen LogP contribution in [0.1, 0.15) is 26.3 Å². The number of ether oxygens (including phenoxy) is 2. The molecule has 1 aliphatic rings. The second kappa shape index (κ2) is 6.33. The van der Waals surface area contributed by atoms with Crippen LogP contribution in [0.25, 0.3) is 0 Å². The minimum Gasteiger partial charge on any atom is -0.491 e. The van der Waals surface area contributed by atoms with Crippen LogP contribution in [-0.2, 0) is 14.3 Å². The first kappa shape index (κ1) is 16.9. The van der Waals surface area contributed by atoms with E-state index >= 15 is 0 Å². The molecule has 2 rings (SSSR count). The Morgan fingerprint density at radius 1 is 1.43 bits per heavy atom. The maximum absolute atomic E-state index is 12.2. The quantitative estimate of drug-likeness (QED) is 0.589. The summed E-state index contributed by atoms with van der Waals surface area (Å²) >= 11 is 0. The Balaban J connectivity index is 2.36. The lowest BCUT2D eigenvalue weighted by Gasteiger charge is -2.18. The molecule has 1 atom stereocenters. The van der Waals surface area contributed by atoms with Crippen LogP contribution < -0.4 is 9.64 Å². The Bertz CT molecular complexity index is 697. The van der Waals surface area contributed by atoms with Gasteiger partial charge < -0.3 is 14.4 Å². The lowest BCUT2D eigenvalue weighted by molar-refractivity contribution is -0.147. The fourth-order valence-corrected chi connectivity index (χ4v) is 2.25. The summed E-state index contributed by atoms with van der Waals surface area (Å²) in [6.45, 7) is 5.60. The van der Waals surface area contributed by atoms with Gasteiger partial charge in [0.05, 0.1) is 25.3 Å². The van der Waals surface area contributed by atoms with E-state index in [-0.39, 0.29) is 17.8 Å². The van der Waals surface area contributed by atoms with Gasteiger partial charge in [-0.3, -0.25) is 9.59 Å². The number of nitrogens with zero attached hydrogens (tertiary/aromatic N) is 1. The van der Waals surface area contributed by atoms with Crippen molar-refractivity contribution in [2.45, 2.75) is 20.8 Å². The van der Waals surface area contributed by atoms with Gasteiger partial charge in [0.25, 0.3) is 0 Å². The Morgan fingerprint density at radius 2 is 2.13 bits per heavy atom. The third-order valence-electron chi connectivity index (χ3n) is 3.78. The summed E-state index contributed by atoms with van der Waals surface area (Å²) in [5, 5.41) is 0. The molecule has 5 heteroatoms. The van der Waals surface area contributed by atoms with Gasteiger partial charge >= 0.3 is 5.97 Å². The number of hydrogen-bond donors (Lipinski definition) is 0. The topological polar surface area (TPSA) is 55.8 Å². The molecule has 1 aliphatic heterocycles. The van der Waals surface area contributed by atoms with Crippen molar-refractivity contribution in [2.24, 2.45) is 11.3 Å². The molecule has 0 bridgehead atoms. The van der Waals surface area contributed by atoms with E-state index in [4.69, 9.17) is 9.47 Å². The Kier molecular flexibility index (Phi) is 4.65. The molecule has 23 heavy (non-hydrogen) atoms. The Morgan fingerprint density at radius 3 is 2.78 bits per heavy atom. The van der Waals surface area contributed by atoms with Gasteiger partial charge in [-0.05, 0) is 32.0 Å². The first-order valence-corrected chi connectivity index (χ1v) is 7.42. The Hall–Kier alpha value is -2.48. The largest absolute Gasteiger partial charge is 0.491 e. The number of methoxy groups -OCH3 is 1. The minimum atomic E-state index is -0.895. The van der Waals surface area contributed by atoms with E-state index in [1.165, 1.54) is 7.11 Å². The number of carbonyl (C=O) groups is 2. The molecule has 1 aromatic carbocycles. The maximum atomic E-state index is 12.2. The molecule has 0 saturated carbocycles. The van der Waals surface area contributed by atoms with Crippen molar-refractivity contribution < 1.29 is 19.1 Å². The molecule has 0 aliphatic carbocycles. The monoisotopic (exact) mass is 315 g/mol. The highest BCUT2D eigenvalue weighted by Gasteiger charge is 2.27. The fourth-order valence-electron chi connectivity index (χ4n) is 2.25. The van der Waals surface area contributed by atoms with Gasteiger partial charge in [-0.25, -0.2) is 0 Å². The lowest BCUT2D eigenvalue weighted by atomic mass is 9.94. The molecule has 0 radical (unpaired) electrons. The molecule has 0 saturated heterocycles. The number of fused-ring (bicyclic) bond motifs is 1. The van der Waals surface area contributed by atoms with E-state index in [2.05, 4.69) is 11.8 Å². The minimum absolute atomic E-state index is 0.00347. The standard InChI is InChI=1S/C18H21NO4/c1-12-11-23-15-7-6-13(10-14(15)19(4)16(12)20)8-9-18(2,3)17(21)22-5/h6-7,10,12H,11H2,1-5H3/t12-/m0/s1. The predicted molar refractivity (Wildman–Crippen MR) is 87.2 cm³/mol. The third kappa shape index (κ3) is 3.48. The second-order valence-electron chi connectivity index (χ2n) is 6.16. The summed E-state index contributed by atoms with van der Waals surface area (Å²) in [6, 6.07) is 5.41. The molecule has 122 valence electrons. The third-order valence-corrected chi connectivity index (χ3v) is 3.78. The predicted octanol–water partition coefficient (Wildman–Crippen LogP) is 2.23. The normalized spacial score (nSPS) is 17.3. The number of amides is 1. The van der Waals surface area contributed by atoms with E-state index in [9.17, 15) is 9.59 Å². The average Bonchev–Trinajstić information content (AvgIpc) is 2.64. The second-order valence-corrected chi connectivity index (χ2v) is 6.16. The highest BCUT2D eigenvalue weighted by molar-refractivity contribution is 5.96. The molecule has 0 unspecified atom stereocenters. The number of rotatable bonds is 1. The summed E-state index contributed by atoms with van der Waals surface area (Å²) < 4.78 is 10.4. The van der Waals surface area contributed by atoms with E-state index in [0.717, 1.165) is 0 Å². The van der Waals surface area contributed by atoms with Crippen molar-refractivity contribution in [3.63, 3.8) is 0 Å². The SMILES string of the molecule is COC(=O)C(C)(C)C#Cc1ccc2c(c1)N(C)C(=O)[C@@H](C)CO2. The van der Waals surface area contributed by atoms with Crippen LogP contribution in [0.4, 0.5) is 5.69 Å². The summed E-state index contributed by atoms with van der Waals surface area (Å²) in [5.41, 5.74) is 0.495. The van der Waals surface area contributed by atoms with Gasteiger partial charge in [-0.2, -0.15) is 0 Å². The molecular weight excluding hydrogens is 294 g/mol. The molecule has 0 fully saturated rings. The van der Waals surface area contributed by atoms with Crippen LogP contribution in [0.2, 0.25) is 0 Å². The van der Waals surface area contributed by atoms with Crippen LogP contribution in [-0.4, -0.2) is 32.6 Å². The van der Waals surface area contributed by atoms with Gasteiger partial charge in [0.2, 0.25) is 5.91 Å². The molecule has 0 spiro atoms. The summed E-state index contributed by atoms with van der Waals surface area (Å²) in [6.07, 6.45) is 0. The van der Waals surface area contributed by atoms with Crippen molar-refractivity contribution in [3.8, 4) is 17.6 Å². The molecule has 0 aromatic heterocycles. The zero-order valence-electron chi connectivity index (χ0n) is 14.1. The molecule has 1 heterocycles. The number of carbonyl (C=O) groups excluding carboxylic acids is 2. The van der Waals surface area contributed by atoms with Gasteiger partial charge in [-0.15, -0.1) is 0 Å². The molecule has 5 nitrogen and oxygen atoms in total. The molecule has 1 amide bonds. The van der Waals surface area contributed by atoms with E-state index in [1.54, 1.807) is 37.9 Å². The first-order valence-electron chi connectivity index (χ1n) is 7.42. The van der Waals surface area contributed by atoms with E-state index in [1.807, 2.05) is 13.0 Å². The van der Waals surface area contributed by atoms with Crippen LogP contribution in [0.3, 0.4) is 0 Å². The van der Waals surface area contributed by atoms with Crippen molar-refractivity contribution >= 4 is 17.6 Å². The zero-order chi connectivity index (χ0) is 17.2. The first-order chi connectivity index (χ1) is 10.8. The highest BCUT2D eigenvalue weighted by Crippen LogP contribution is 2.32. The van der Waals surface area contributed by atoms with Gasteiger partial charge in [0.1, 0.15) is 11.2 Å². The van der Waals surface area contributed by atoms with Crippen molar-refractivity contribution in [3.05, 3.63) is 23.8 Å². The van der Waals surface area contributed by atoms with Crippen LogP contribution in [0.5, 0.6) is 5.75 Å². The fraction of sp³-hybridized carbons (Fsp3) is 0.444. The lowest BCUT2D eigenvalue weighted by Crippen LogP contribution is -2.31. The molecule has 1 aromatic rings. The number of anilines is 1. The van der Waals surface area contributed by atoms with Gasteiger partial charge in [0, 0.05) is 12.6 Å². The summed E-state index contributed by atoms with van der Waals surface area (Å²) in [5.74, 6) is 5.97. The van der Waals surface area contributed by atoms with Gasteiger partial charge in [-0.1, -0.05) is 18.8 Å². The maximum Gasteiger partial charge on any atom is 0.323 e. The summed E-state index contributed by atoms with van der Waals surface area (Å²) in [7, 11) is 3.06. The smallest absolute Gasteiger partial charge is 0.323 e. The van der Waals surface area contributed by atoms with Crippen LogP contribution >= 0.6 is 0 Å². The van der Waals surface area contributed by atoms with Crippen LogP contribution in [0, 0.1) is 23.2 Å². The number of hydrogen-bond acceptors (Lipinski definition) is 4. The van der Waals surface area contributed by atoms with E-state index in [0.29, 0.717) is 23.6 Å². The van der Waals surface area contributed by atoms with Crippen molar-refractivity contribution in [1.29, 1.82) is 0 Å². The van der Waals surface area contributed by atoms with Crippen LogP contribution in [0.15, 0.2) is 18.2 Å². The number of benzene rings is 1. The van der Waals surface area contributed by atoms with E-state index < -0.39 is 5.41 Å². The van der Waals surface area contributed by atoms with Crippen molar-refractivity contribution in [2.75, 3.05) is 25.7 Å². The van der Waals surface area contributed by atoms with Gasteiger partial charge in [0.15, 0.2) is 0 Å². The zero-order valence-corrected chi connectivity index (χ0v) is 14.1. The Labute approximate surface area is 136 Å². The molecular formula is C18H21NO4. The highest BCUT2D eigenvalue weighted by atomic mass is 16.5. The summed E-state index contributed by atoms with van der Waals surface area (Å²) in [4.78, 5) is 25.5.